The summed E-state index contributed by atoms with van der Waals surface area (Å²) in [5.41, 5.74) is -1.49. The first-order valence-corrected chi connectivity index (χ1v) is 10.5. The summed E-state index contributed by atoms with van der Waals surface area (Å²) in [5, 5.41) is 2.52. The zero-order chi connectivity index (χ0) is 21.3. The average Bonchev–Trinajstić information content (AvgIpc) is 2.63. The Balaban J connectivity index is 1.70. The molecule has 12 heteroatoms. The first kappa shape index (κ1) is 21.2. The van der Waals surface area contributed by atoms with E-state index < -0.39 is 37.9 Å². The van der Waals surface area contributed by atoms with Crippen molar-refractivity contribution in [2.45, 2.75) is 24.7 Å². The predicted octanol–water partition coefficient (Wildman–Crippen LogP) is 1.20. The van der Waals surface area contributed by atoms with E-state index in [0.717, 1.165) is 10.4 Å². The lowest BCUT2D eigenvalue weighted by Crippen LogP contribution is -2.44. The molecule has 2 aromatic rings. The Morgan fingerprint density at radius 3 is 2.48 bits per heavy atom. The largest absolute Gasteiger partial charge is 0.326 e. The molecule has 1 saturated heterocycles. The van der Waals surface area contributed by atoms with Gasteiger partial charge in [-0.25, -0.2) is 17.6 Å². The van der Waals surface area contributed by atoms with Crippen LogP contribution >= 0.6 is 11.6 Å². The number of aromatic nitrogens is 2. The van der Waals surface area contributed by atoms with E-state index in [1.807, 2.05) is 4.98 Å². The molecule has 1 aliphatic heterocycles. The summed E-state index contributed by atoms with van der Waals surface area (Å²) in [4.78, 5) is 39.4. The number of hydrogen-bond donors (Lipinski definition) is 3. The zero-order valence-electron chi connectivity index (χ0n) is 15.3. The number of rotatable bonds is 4. The minimum atomic E-state index is -4.13. The Kier molecular flexibility index (Phi) is 5.92. The van der Waals surface area contributed by atoms with E-state index in [2.05, 4.69) is 10.3 Å². The Bertz CT molecular complexity index is 1170. The molecule has 2 heterocycles. The van der Waals surface area contributed by atoms with Crippen LogP contribution in [0.2, 0.25) is 5.02 Å². The number of carbonyl (C=O) groups is 1. The van der Waals surface area contributed by atoms with Crippen molar-refractivity contribution >= 4 is 33.2 Å². The lowest BCUT2D eigenvalue weighted by atomic mass is 9.97. The van der Waals surface area contributed by atoms with Crippen LogP contribution in [0.5, 0.6) is 0 Å². The predicted molar refractivity (Wildman–Crippen MR) is 104 cm³/mol. The summed E-state index contributed by atoms with van der Waals surface area (Å²) in [5.74, 6) is -1.39. The zero-order valence-corrected chi connectivity index (χ0v) is 16.9. The van der Waals surface area contributed by atoms with E-state index in [-0.39, 0.29) is 42.6 Å². The van der Waals surface area contributed by atoms with E-state index in [1.165, 1.54) is 19.1 Å². The molecule has 0 spiro atoms. The van der Waals surface area contributed by atoms with E-state index >= 15 is 0 Å². The number of hydrogen-bond acceptors (Lipinski definition) is 5. The van der Waals surface area contributed by atoms with Crippen molar-refractivity contribution in [2.75, 3.05) is 18.4 Å². The Labute approximate surface area is 170 Å². The first-order chi connectivity index (χ1) is 13.6. The normalized spacial score (nSPS) is 16.0. The highest BCUT2D eigenvalue weighted by Gasteiger charge is 2.34. The number of aryl methyl sites for hydroxylation is 1. The third kappa shape index (κ3) is 4.41. The van der Waals surface area contributed by atoms with E-state index in [4.69, 9.17) is 11.6 Å². The van der Waals surface area contributed by atoms with Crippen LogP contribution in [0, 0.1) is 18.7 Å². The number of benzene rings is 1. The molecule has 1 amide bonds. The van der Waals surface area contributed by atoms with Gasteiger partial charge in [-0.05, 0) is 38.0 Å². The van der Waals surface area contributed by atoms with Gasteiger partial charge in [0.15, 0.2) is 4.90 Å². The minimum absolute atomic E-state index is 0.0304. The van der Waals surface area contributed by atoms with Crippen molar-refractivity contribution in [3.05, 3.63) is 55.6 Å². The Morgan fingerprint density at radius 2 is 1.90 bits per heavy atom. The molecular formula is C17H18ClFN4O5S. The van der Waals surface area contributed by atoms with Crippen LogP contribution in [-0.2, 0) is 14.8 Å². The fourth-order valence-corrected chi connectivity index (χ4v) is 5.06. The lowest BCUT2D eigenvalue weighted by Gasteiger charge is -2.30. The number of piperidine rings is 1. The topological polar surface area (TPSA) is 132 Å². The van der Waals surface area contributed by atoms with Crippen molar-refractivity contribution < 1.29 is 17.6 Å². The molecule has 0 bridgehead atoms. The lowest BCUT2D eigenvalue weighted by molar-refractivity contribution is -0.120. The number of amides is 1. The van der Waals surface area contributed by atoms with E-state index in [1.54, 1.807) is 0 Å². The number of H-pyrrole nitrogens is 2. The second-order valence-corrected chi connectivity index (χ2v) is 8.94. The molecule has 0 saturated carbocycles. The third-order valence-corrected chi connectivity index (χ3v) is 7.03. The van der Waals surface area contributed by atoms with E-state index in [0.29, 0.717) is 5.69 Å². The molecule has 156 valence electrons. The Morgan fingerprint density at radius 1 is 1.24 bits per heavy atom. The fourth-order valence-electron chi connectivity index (χ4n) is 3.20. The number of sulfonamides is 1. The number of nitrogens with one attached hydrogen (secondary N) is 3. The second kappa shape index (κ2) is 8.09. The van der Waals surface area contributed by atoms with Crippen molar-refractivity contribution in [3.63, 3.8) is 0 Å². The van der Waals surface area contributed by atoms with Gasteiger partial charge >= 0.3 is 5.69 Å². The molecule has 0 unspecified atom stereocenters. The van der Waals surface area contributed by atoms with Crippen LogP contribution in [0.1, 0.15) is 18.5 Å². The first-order valence-electron chi connectivity index (χ1n) is 8.69. The SMILES string of the molecule is Cc1[nH]c(=O)[nH]c(=O)c1S(=O)(=O)N1CCC(C(=O)Nc2ccc(F)c(Cl)c2)CC1. The molecule has 3 N–H and O–H groups in total. The van der Waals surface area contributed by atoms with Crippen LogP contribution in [0.3, 0.4) is 0 Å². The van der Waals surface area contributed by atoms with Gasteiger partial charge in [0.25, 0.3) is 5.56 Å². The molecule has 9 nitrogen and oxygen atoms in total. The summed E-state index contributed by atoms with van der Waals surface area (Å²) in [7, 11) is -4.13. The number of aromatic amines is 2. The smallest absolute Gasteiger partial charge is 0.325 e. The quantitative estimate of drug-likeness (QED) is 0.652. The number of anilines is 1. The molecule has 0 radical (unpaired) electrons. The summed E-state index contributed by atoms with van der Waals surface area (Å²) in [6.45, 7) is 1.39. The fraction of sp³-hybridized carbons (Fsp3) is 0.353. The molecule has 0 atom stereocenters. The summed E-state index contributed by atoms with van der Waals surface area (Å²) in [6, 6.07) is 3.81. The highest BCUT2D eigenvalue weighted by atomic mass is 35.5. The third-order valence-electron chi connectivity index (χ3n) is 4.68. The molecule has 3 rings (SSSR count). The highest BCUT2D eigenvalue weighted by molar-refractivity contribution is 7.89. The van der Waals surface area contributed by atoms with Crippen LogP contribution in [0.25, 0.3) is 0 Å². The summed E-state index contributed by atoms with van der Waals surface area (Å²) >= 11 is 5.70. The van der Waals surface area contributed by atoms with Gasteiger partial charge in [-0.3, -0.25) is 14.6 Å². The Hall–Kier alpha value is -2.50. The molecule has 1 aromatic heterocycles. The number of halogens is 2. The van der Waals surface area contributed by atoms with Gasteiger partial charge in [0.05, 0.1) is 5.02 Å². The maximum Gasteiger partial charge on any atom is 0.325 e. The van der Waals surface area contributed by atoms with Crippen LogP contribution in [0.4, 0.5) is 10.1 Å². The van der Waals surface area contributed by atoms with Gasteiger partial charge in [0, 0.05) is 30.4 Å². The van der Waals surface area contributed by atoms with Crippen molar-refractivity contribution in [2.24, 2.45) is 5.92 Å². The van der Waals surface area contributed by atoms with Gasteiger partial charge in [-0.15, -0.1) is 0 Å². The average molecular weight is 445 g/mol. The molecule has 1 aromatic carbocycles. The molecule has 0 aliphatic carbocycles. The van der Waals surface area contributed by atoms with Crippen molar-refractivity contribution in [1.82, 2.24) is 14.3 Å². The van der Waals surface area contributed by atoms with Gasteiger partial charge < -0.3 is 10.3 Å². The second-order valence-electron chi connectivity index (χ2n) is 6.66. The van der Waals surface area contributed by atoms with E-state index in [9.17, 15) is 27.2 Å². The monoisotopic (exact) mass is 444 g/mol. The number of nitrogens with zero attached hydrogens (tertiary/aromatic N) is 1. The molecule has 1 aliphatic rings. The standard InChI is InChI=1S/C17H18ClFN4O5S/c1-9-14(16(25)22-17(26)20-9)29(27,28)23-6-4-10(5-7-23)15(24)21-11-2-3-13(19)12(18)8-11/h2-3,8,10H,4-7H2,1H3,(H,21,24)(H2,20,22,25,26). The van der Waals surface area contributed by atoms with Gasteiger partial charge in [-0.2, -0.15) is 4.31 Å². The van der Waals surface area contributed by atoms with Crippen LogP contribution < -0.4 is 16.6 Å². The summed E-state index contributed by atoms with van der Waals surface area (Å²) in [6.07, 6.45) is 0.473. The highest BCUT2D eigenvalue weighted by Crippen LogP contribution is 2.25. The van der Waals surface area contributed by atoms with Gasteiger partial charge in [0.1, 0.15) is 5.82 Å². The maximum atomic E-state index is 13.2. The number of carbonyl (C=O) groups excluding carboxylic acids is 1. The van der Waals surface area contributed by atoms with Crippen LogP contribution in [0.15, 0.2) is 32.7 Å². The van der Waals surface area contributed by atoms with Crippen molar-refractivity contribution in [3.8, 4) is 0 Å². The van der Waals surface area contributed by atoms with Crippen LogP contribution in [-0.4, -0.2) is 41.7 Å². The molecular weight excluding hydrogens is 427 g/mol. The molecule has 29 heavy (non-hydrogen) atoms. The minimum Gasteiger partial charge on any atom is -0.326 e. The van der Waals surface area contributed by atoms with Gasteiger partial charge in [0.2, 0.25) is 15.9 Å². The van der Waals surface area contributed by atoms with Gasteiger partial charge in [-0.1, -0.05) is 11.6 Å². The molecule has 1 fully saturated rings. The summed E-state index contributed by atoms with van der Waals surface area (Å²) < 4.78 is 39.9. The maximum absolute atomic E-state index is 13.2. The van der Waals surface area contributed by atoms with Crippen molar-refractivity contribution in [1.29, 1.82) is 0 Å².